The van der Waals surface area contributed by atoms with E-state index in [-0.39, 0.29) is 35.8 Å². The maximum absolute atomic E-state index is 11.2. The number of nitrogens with one attached hydrogen (secondary N) is 2. The molecule has 0 atom stereocenters. The summed E-state index contributed by atoms with van der Waals surface area (Å²) in [4.78, 5) is 18.4. The first-order valence-electron chi connectivity index (χ1n) is 10.7. The van der Waals surface area contributed by atoms with Crippen LogP contribution in [0.4, 0.5) is 0 Å². The van der Waals surface area contributed by atoms with Crippen molar-refractivity contribution >= 4 is 35.8 Å². The molecule has 1 fully saturated rings. The molecule has 1 heterocycles. The standard InChI is InChI=1S/C22H37N5O2.HI/c1-4-24-22(26-16-19-8-7-17(2)15-20(19)29-3)25-11-5-6-12-27-13-9-18(10-14-27)21(23)28;/h7-8,15,18H,4-6,9-14,16H2,1-3H3,(H2,23,28)(H2,24,25,26);1H. The van der Waals surface area contributed by atoms with E-state index in [4.69, 9.17) is 15.5 Å². The van der Waals surface area contributed by atoms with E-state index in [9.17, 15) is 4.79 Å². The Morgan fingerprint density at radius 1 is 1.27 bits per heavy atom. The Hall–Kier alpha value is -1.55. The van der Waals surface area contributed by atoms with Crippen LogP contribution in [-0.4, -0.2) is 56.6 Å². The summed E-state index contributed by atoms with van der Waals surface area (Å²) < 4.78 is 5.47. The lowest BCUT2D eigenvalue weighted by Crippen LogP contribution is -2.39. The van der Waals surface area contributed by atoms with Crippen molar-refractivity contribution in [3.63, 3.8) is 0 Å². The fourth-order valence-corrected chi connectivity index (χ4v) is 3.60. The first-order valence-corrected chi connectivity index (χ1v) is 10.7. The minimum absolute atomic E-state index is 0. The van der Waals surface area contributed by atoms with Gasteiger partial charge in [0.15, 0.2) is 5.96 Å². The van der Waals surface area contributed by atoms with Gasteiger partial charge in [-0.15, -0.1) is 24.0 Å². The lowest BCUT2D eigenvalue weighted by Gasteiger charge is -2.30. The molecule has 0 spiro atoms. The number of piperidine rings is 1. The van der Waals surface area contributed by atoms with Crippen LogP contribution in [0.15, 0.2) is 23.2 Å². The van der Waals surface area contributed by atoms with Gasteiger partial charge in [0.05, 0.1) is 13.7 Å². The van der Waals surface area contributed by atoms with Crippen molar-refractivity contribution in [2.24, 2.45) is 16.6 Å². The van der Waals surface area contributed by atoms with Gasteiger partial charge in [-0.2, -0.15) is 0 Å². The number of aliphatic imine (C=N–C) groups is 1. The fraction of sp³-hybridized carbons (Fsp3) is 0.636. The second-order valence-electron chi connectivity index (χ2n) is 7.66. The van der Waals surface area contributed by atoms with E-state index in [0.29, 0.717) is 6.54 Å². The molecular weight excluding hydrogens is 493 g/mol. The van der Waals surface area contributed by atoms with Crippen molar-refractivity contribution in [1.29, 1.82) is 0 Å². The van der Waals surface area contributed by atoms with Crippen molar-refractivity contribution < 1.29 is 9.53 Å². The zero-order valence-corrected chi connectivity index (χ0v) is 20.9. The summed E-state index contributed by atoms with van der Waals surface area (Å²) in [5.41, 5.74) is 7.66. The molecule has 4 N–H and O–H groups in total. The molecule has 0 saturated carbocycles. The molecule has 8 heteroatoms. The molecule has 30 heavy (non-hydrogen) atoms. The predicted octanol–water partition coefficient (Wildman–Crippen LogP) is 2.65. The average molecular weight is 531 g/mol. The highest BCUT2D eigenvalue weighted by molar-refractivity contribution is 14.0. The maximum atomic E-state index is 11.2. The van der Waals surface area contributed by atoms with E-state index in [1.807, 2.05) is 6.07 Å². The third-order valence-electron chi connectivity index (χ3n) is 5.38. The van der Waals surface area contributed by atoms with Crippen LogP contribution < -0.4 is 21.1 Å². The van der Waals surface area contributed by atoms with Gasteiger partial charge in [-0.1, -0.05) is 12.1 Å². The summed E-state index contributed by atoms with van der Waals surface area (Å²) in [7, 11) is 1.70. The minimum atomic E-state index is -0.146. The number of carbonyl (C=O) groups is 1. The van der Waals surface area contributed by atoms with Gasteiger partial charge in [0.1, 0.15) is 5.75 Å². The van der Waals surface area contributed by atoms with Crippen LogP contribution in [0, 0.1) is 12.8 Å². The van der Waals surface area contributed by atoms with E-state index in [1.54, 1.807) is 7.11 Å². The van der Waals surface area contributed by atoms with Crippen LogP contribution in [0.25, 0.3) is 0 Å². The molecule has 170 valence electrons. The number of hydrogen-bond donors (Lipinski definition) is 3. The van der Waals surface area contributed by atoms with Crippen molar-refractivity contribution in [3.05, 3.63) is 29.3 Å². The third kappa shape index (κ3) is 9.07. The van der Waals surface area contributed by atoms with Gasteiger partial charge in [-0.25, -0.2) is 4.99 Å². The highest BCUT2D eigenvalue weighted by Crippen LogP contribution is 2.20. The SMILES string of the molecule is CCNC(=NCc1ccc(C)cc1OC)NCCCCN1CCC(C(N)=O)CC1.I. The third-order valence-corrected chi connectivity index (χ3v) is 5.38. The van der Waals surface area contributed by atoms with Crippen molar-refractivity contribution in [1.82, 2.24) is 15.5 Å². The van der Waals surface area contributed by atoms with Crippen LogP contribution in [0.2, 0.25) is 0 Å². The lowest BCUT2D eigenvalue weighted by atomic mass is 9.96. The summed E-state index contributed by atoms with van der Waals surface area (Å²) in [5, 5.41) is 6.72. The molecule has 2 rings (SSSR count). The summed E-state index contributed by atoms with van der Waals surface area (Å²) in [6.07, 6.45) is 3.99. The minimum Gasteiger partial charge on any atom is -0.496 e. The number of unbranched alkanes of at least 4 members (excludes halogenated alkanes) is 1. The van der Waals surface area contributed by atoms with Crippen LogP contribution in [0.3, 0.4) is 0 Å². The van der Waals surface area contributed by atoms with Gasteiger partial charge in [-0.05, 0) is 70.8 Å². The molecular formula is C22H38IN5O2. The second-order valence-corrected chi connectivity index (χ2v) is 7.66. The molecule has 1 aliphatic rings. The Morgan fingerprint density at radius 3 is 2.63 bits per heavy atom. The highest BCUT2D eigenvalue weighted by atomic mass is 127. The van der Waals surface area contributed by atoms with Crippen LogP contribution in [-0.2, 0) is 11.3 Å². The van der Waals surface area contributed by atoms with Gasteiger partial charge in [0.2, 0.25) is 5.91 Å². The molecule has 1 amide bonds. The van der Waals surface area contributed by atoms with Crippen LogP contribution >= 0.6 is 24.0 Å². The molecule has 1 saturated heterocycles. The van der Waals surface area contributed by atoms with Crippen LogP contribution in [0.5, 0.6) is 5.75 Å². The molecule has 1 aromatic carbocycles. The summed E-state index contributed by atoms with van der Waals surface area (Å²) in [5.74, 6) is 1.63. The predicted molar refractivity (Wildman–Crippen MR) is 134 cm³/mol. The molecule has 0 aliphatic carbocycles. The quantitative estimate of drug-likeness (QED) is 0.187. The van der Waals surface area contributed by atoms with Gasteiger partial charge >= 0.3 is 0 Å². The van der Waals surface area contributed by atoms with Gasteiger partial charge in [0.25, 0.3) is 0 Å². The highest BCUT2D eigenvalue weighted by Gasteiger charge is 2.22. The number of aryl methyl sites for hydroxylation is 1. The largest absolute Gasteiger partial charge is 0.496 e. The number of primary amides is 1. The first-order chi connectivity index (χ1) is 14.0. The normalized spacial score (nSPS) is 15.4. The number of hydrogen-bond acceptors (Lipinski definition) is 4. The summed E-state index contributed by atoms with van der Waals surface area (Å²) in [6.45, 7) is 9.43. The number of benzene rings is 1. The topological polar surface area (TPSA) is 92.0 Å². The average Bonchev–Trinajstić information content (AvgIpc) is 2.72. The van der Waals surface area contributed by atoms with Gasteiger partial charge in [0, 0.05) is 24.6 Å². The Labute approximate surface area is 198 Å². The van der Waals surface area contributed by atoms with Gasteiger partial charge < -0.3 is 26.0 Å². The summed E-state index contributed by atoms with van der Waals surface area (Å²) >= 11 is 0. The number of carbonyl (C=O) groups excluding carboxylic acids is 1. The zero-order valence-electron chi connectivity index (χ0n) is 18.6. The number of nitrogens with two attached hydrogens (primary N) is 1. The number of rotatable bonds is 10. The molecule has 7 nitrogen and oxygen atoms in total. The fourth-order valence-electron chi connectivity index (χ4n) is 3.60. The van der Waals surface area contributed by atoms with E-state index in [2.05, 4.69) is 41.5 Å². The van der Waals surface area contributed by atoms with Crippen molar-refractivity contribution in [3.8, 4) is 5.75 Å². The maximum Gasteiger partial charge on any atom is 0.220 e. The number of halogens is 1. The number of ether oxygens (including phenoxy) is 1. The molecule has 0 unspecified atom stereocenters. The monoisotopic (exact) mass is 531 g/mol. The first kappa shape index (κ1) is 26.5. The number of nitrogens with zero attached hydrogens (tertiary/aromatic N) is 2. The molecule has 1 aromatic rings. The smallest absolute Gasteiger partial charge is 0.220 e. The lowest BCUT2D eigenvalue weighted by molar-refractivity contribution is -0.123. The van der Waals surface area contributed by atoms with E-state index >= 15 is 0 Å². The van der Waals surface area contributed by atoms with Crippen molar-refractivity contribution in [2.45, 2.75) is 46.1 Å². The molecule has 0 bridgehead atoms. The van der Waals surface area contributed by atoms with E-state index in [1.165, 1.54) is 5.56 Å². The van der Waals surface area contributed by atoms with E-state index < -0.39 is 0 Å². The number of guanidine groups is 1. The number of amides is 1. The Balaban J connectivity index is 0.00000450. The van der Waals surface area contributed by atoms with Crippen molar-refractivity contribution in [2.75, 3.05) is 39.8 Å². The molecule has 1 aliphatic heterocycles. The number of likely N-dealkylation sites (tertiary alicyclic amines) is 1. The Kier molecular flexibility index (Phi) is 12.8. The molecule has 0 radical (unpaired) electrons. The molecule has 0 aromatic heterocycles. The Morgan fingerprint density at radius 2 is 2.00 bits per heavy atom. The van der Waals surface area contributed by atoms with E-state index in [0.717, 1.165) is 75.7 Å². The van der Waals surface area contributed by atoms with Crippen LogP contribution in [0.1, 0.15) is 43.7 Å². The Bertz CT molecular complexity index is 675. The second kappa shape index (κ2) is 14.5. The summed E-state index contributed by atoms with van der Waals surface area (Å²) in [6, 6.07) is 6.19. The number of methoxy groups -OCH3 is 1. The van der Waals surface area contributed by atoms with Gasteiger partial charge in [-0.3, -0.25) is 4.79 Å². The zero-order chi connectivity index (χ0) is 21.1.